The van der Waals surface area contributed by atoms with Gasteiger partial charge >= 0.3 is 0 Å². The number of rotatable bonds is 6. The quantitative estimate of drug-likeness (QED) is 0.448. The topological polar surface area (TPSA) is 75.0 Å². The van der Waals surface area contributed by atoms with Crippen molar-refractivity contribution in [3.63, 3.8) is 0 Å². The van der Waals surface area contributed by atoms with Crippen LogP contribution in [0.15, 0.2) is 41.7 Å². The molecule has 1 fully saturated rings. The van der Waals surface area contributed by atoms with E-state index in [1.54, 1.807) is 22.8 Å². The number of guanidine groups is 1. The number of anilines is 1. The summed E-state index contributed by atoms with van der Waals surface area (Å²) in [5.41, 5.74) is 2.01. The van der Waals surface area contributed by atoms with Crippen LogP contribution in [0.2, 0.25) is 0 Å². The van der Waals surface area contributed by atoms with Crippen LogP contribution in [0.3, 0.4) is 0 Å². The average Bonchev–Trinajstić information content (AvgIpc) is 3.16. The van der Waals surface area contributed by atoms with E-state index in [9.17, 15) is 4.79 Å². The van der Waals surface area contributed by atoms with Crippen LogP contribution in [0.5, 0.6) is 5.75 Å². The maximum Gasteiger partial charge on any atom is 0.246 e. The molecule has 152 valence electrons. The van der Waals surface area contributed by atoms with E-state index in [0.717, 1.165) is 23.8 Å². The molecule has 1 N–H and O–H groups in total. The van der Waals surface area contributed by atoms with Crippen LogP contribution in [0.1, 0.15) is 5.56 Å². The van der Waals surface area contributed by atoms with Gasteiger partial charge in [0.1, 0.15) is 18.9 Å². The summed E-state index contributed by atoms with van der Waals surface area (Å²) >= 11 is 0. The van der Waals surface area contributed by atoms with Gasteiger partial charge in [-0.15, -0.1) is 6.42 Å². The van der Waals surface area contributed by atoms with E-state index in [0.29, 0.717) is 19.6 Å². The molecule has 0 radical (unpaired) electrons. The minimum absolute atomic E-state index is 0.0368. The third kappa shape index (κ3) is 5.29. The number of carbonyl (C=O) groups excluding carboxylic acids is 1. The highest BCUT2D eigenvalue weighted by atomic mass is 16.5. The molecule has 1 saturated heterocycles. The maximum atomic E-state index is 12.6. The van der Waals surface area contributed by atoms with Gasteiger partial charge in [0.25, 0.3) is 0 Å². The minimum atomic E-state index is 0.0368. The van der Waals surface area contributed by atoms with Crippen molar-refractivity contribution in [3.8, 4) is 18.1 Å². The Kier molecular flexibility index (Phi) is 6.74. The molecule has 2 aromatic rings. The highest BCUT2D eigenvalue weighted by Crippen LogP contribution is 2.16. The second-order valence-electron chi connectivity index (χ2n) is 6.70. The third-order valence-electron chi connectivity index (χ3n) is 4.68. The van der Waals surface area contributed by atoms with E-state index in [2.05, 4.69) is 21.3 Å². The Balaban J connectivity index is 1.48. The van der Waals surface area contributed by atoms with Crippen molar-refractivity contribution in [2.24, 2.45) is 12.0 Å². The molecule has 0 bridgehead atoms. The number of carbonyl (C=O) groups is 1. The number of amides is 1. The first-order chi connectivity index (χ1) is 14.1. The molecular weight excluding hydrogens is 368 g/mol. The lowest BCUT2D eigenvalue weighted by Gasteiger charge is -2.35. The fourth-order valence-corrected chi connectivity index (χ4v) is 3.20. The number of ether oxygens (including phenoxy) is 1. The molecule has 0 unspecified atom stereocenters. The first-order valence-corrected chi connectivity index (χ1v) is 9.50. The zero-order valence-corrected chi connectivity index (χ0v) is 16.8. The predicted molar refractivity (Wildman–Crippen MR) is 113 cm³/mol. The van der Waals surface area contributed by atoms with Crippen LogP contribution >= 0.6 is 0 Å². The Labute approximate surface area is 171 Å². The minimum Gasteiger partial charge on any atom is -0.481 e. The highest BCUT2D eigenvalue weighted by molar-refractivity contribution is 5.98. The summed E-state index contributed by atoms with van der Waals surface area (Å²) < 4.78 is 7.08. The molecule has 2 heterocycles. The Morgan fingerprint density at radius 2 is 2.14 bits per heavy atom. The first kappa shape index (κ1) is 20.3. The van der Waals surface area contributed by atoms with E-state index in [1.165, 1.54) is 5.56 Å². The molecule has 3 rings (SSSR count). The van der Waals surface area contributed by atoms with Crippen LogP contribution in [-0.4, -0.2) is 66.4 Å². The number of aromatic nitrogens is 2. The highest BCUT2D eigenvalue weighted by Gasteiger charge is 2.27. The van der Waals surface area contributed by atoms with Crippen LogP contribution < -0.4 is 15.0 Å². The van der Waals surface area contributed by atoms with Gasteiger partial charge < -0.3 is 19.9 Å². The molecule has 0 aliphatic carbocycles. The molecular formula is C21H26N6O2. The predicted octanol–water partition coefficient (Wildman–Crippen LogP) is 0.899. The number of hydrogen-bond donors (Lipinski definition) is 1. The Morgan fingerprint density at radius 1 is 1.34 bits per heavy atom. The fourth-order valence-electron chi connectivity index (χ4n) is 3.20. The van der Waals surface area contributed by atoms with Crippen molar-refractivity contribution >= 4 is 17.6 Å². The number of aryl methyl sites for hydroxylation is 1. The summed E-state index contributed by atoms with van der Waals surface area (Å²) in [4.78, 5) is 20.7. The Morgan fingerprint density at radius 3 is 2.76 bits per heavy atom. The van der Waals surface area contributed by atoms with Gasteiger partial charge in [-0.25, -0.2) is 0 Å². The normalized spacial score (nSPS) is 14.7. The number of terminal acetylenes is 1. The zero-order chi connectivity index (χ0) is 20.6. The van der Waals surface area contributed by atoms with Crippen molar-refractivity contribution < 1.29 is 9.53 Å². The maximum absolute atomic E-state index is 12.6. The van der Waals surface area contributed by atoms with E-state index >= 15 is 0 Å². The SMILES string of the molecule is C#CCOc1ccc(CCNC(=NC)N2CCN(c3cnn(C)c3)C(=O)C2)cc1. The fraction of sp³-hybridized carbons (Fsp3) is 0.381. The number of benzene rings is 1. The van der Waals surface area contributed by atoms with Crippen LogP contribution in [0.25, 0.3) is 0 Å². The number of hydrogen-bond acceptors (Lipinski definition) is 4. The molecule has 8 heteroatoms. The lowest BCUT2D eigenvalue weighted by molar-refractivity contribution is -0.120. The van der Waals surface area contributed by atoms with Gasteiger partial charge in [0.05, 0.1) is 11.9 Å². The van der Waals surface area contributed by atoms with Gasteiger partial charge in [0, 0.05) is 39.9 Å². The molecule has 1 amide bonds. The molecule has 1 aromatic heterocycles. The standard InChI is InChI=1S/C21H26N6O2/c1-4-13-29-19-7-5-17(6-8-19)9-10-23-21(22-2)26-11-12-27(20(28)16-26)18-14-24-25(3)15-18/h1,5-8,14-15H,9-13,16H2,2-3H3,(H,22,23). The summed E-state index contributed by atoms with van der Waals surface area (Å²) in [7, 11) is 3.58. The molecule has 1 aliphatic heterocycles. The molecule has 0 atom stereocenters. The lowest BCUT2D eigenvalue weighted by atomic mass is 10.1. The Bertz CT molecular complexity index is 897. The molecule has 0 spiro atoms. The third-order valence-corrected chi connectivity index (χ3v) is 4.68. The van der Waals surface area contributed by atoms with Gasteiger partial charge in [-0.2, -0.15) is 5.10 Å². The van der Waals surface area contributed by atoms with Gasteiger partial charge in [0.2, 0.25) is 5.91 Å². The van der Waals surface area contributed by atoms with E-state index in [-0.39, 0.29) is 19.1 Å². The number of piperazine rings is 1. The van der Waals surface area contributed by atoms with Crippen LogP contribution in [-0.2, 0) is 18.3 Å². The summed E-state index contributed by atoms with van der Waals surface area (Å²) in [5.74, 6) is 3.99. The van der Waals surface area contributed by atoms with Crippen molar-refractivity contribution in [1.82, 2.24) is 20.0 Å². The molecule has 0 saturated carbocycles. The van der Waals surface area contributed by atoms with Crippen molar-refractivity contribution in [3.05, 3.63) is 42.2 Å². The molecule has 29 heavy (non-hydrogen) atoms. The van der Waals surface area contributed by atoms with Crippen molar-refractivity contribution in [1.29, 1.82) is 0 Å². The monoisotopic (exact) mass is 394 g/mol. The largest absolute Gasteiger partial charge is 0.481 e. The van der Waals surface area contributed by atoms with Gasteiger partial charge in [0.15, 0.2) is 5.96 Å². The van der Waals surface area contributed by atoms with E-state index < -0.39 is 0 Å². The van der Waals surface area contributed by atoms with Gasteiger partial charge in [-0.1, -0.05) is 18.1 Å². The second kappa shape index (κ2) is 9.64. The van der Waals surface area contributed by atoms with Gasteiger partial charge in [-0.3, -0.25) is 14.5 Å². The van der Waals surface area contributed by atoms with Crippen molar-refractivity contribution in [2.45, 2.75) is 6.42 Å². The summed E-state index contributed by atoms with van der Waals surface area (Å²) in [6, 6.07) is 7.87. The van der Waals surface area contributed by atoms with E-state index in [1.807, 2.05) is 42.4 Å². The van der Waals surface area contributed by atoms with Crippen LogP contribution in [0, 0.1) is 12.3 Å². The van der Waals surface area contributed by atoms with Crippen molar-refractivity contribution in [2.75, 3.05) is 44.7 Å². The van der Waals surface area contributed by atoms with Gasteiger partial charge in [-0.05, 0) is 24.1 Å². The number of nitrogens with one attached hydrogen (secondary N) is 1. The molecule has 1 aliphatic rings. The molecule has 8 nitrogen and oxygen atoms in total. The smallest absolute Gasteiger partial charge is 0.246 e. The first-order valence-electron chi connectivity index (χ1n) is 9.50. The molecule has 1 aromatic carbocycles. The summed E-state index contributed by atoms with van der Waals surface area (Å²) in [6.45, 7) is 2.58. The average molecular weight is 394 g/mol. The number of aliphatic imine (C=N–C) groups is 1. The summed E-state index contributed by atoms with van der Waals surface area (Å²) in [6.07, 6.45) is 9.59. The second-order valence-corrected chi connectivity index (χ2v) is 6.70. The van der Waals surface area contributed by atoms with Crippen LogP contribution in [0.4, 0.5) is 5.69 Å². The summed E-state index contributed by atoms with van der Waals surface area (Å²) in [5, 5.41) is 7.49. The number of nitrogens with zero attached hydrogens (tertiary/aromatic N) is 5. The van der Waals surface area contributed by atoms with E-state index in [4.69, 9.17) is 11.2 Å². The zero-order valence-electron chi connectivity index (χ0n) is 16.8. The lowest BCUT2D eigenvalue weighted by Crippen LogP contribution is -2.55. The Hall–Kier alpha value is -3.47.